The lowest BCUT2D eigenvalue weighted by molar-refractivity contribution is -0.199. The lowest BCUT2D eigenvalue weighted by Gasteiger charge is -2.27. The van der Waals surface area contributed by atoms with Crippen molar-refractivity contribution in [1.82, 2.24) is 0 Å². The molecule has 0 saturated carbocycles. The standard InChI is InChI=1S/C16H18F2O4/c1-9(2)13(16(17,18)15(20)21)22-14(19)12-8-7-10-5-3-4-6-11(10)12/h3-6,9,12-13H,7-8H2,1-2H3,(H,20,21). The molecule has 6 heteroatoms. The number of ether oxygens (including phenoxy) is 1. The summed E-state index contributed by atoms with van der Waals surface area (Å²) in [6.45, 7) is 2.80. The summed E-state index contributed by atoms with van der Waals surface area (Å²) in [7, 11) is 0. The lowest BCUT2D eigenvalue weighted by atomic mass is 9.98. The topological polar surface area (TPSA) is 63.6 Å². The highest BCUT2D eigenvalue weighted by Gasteiger charge is 2.52. The number of aliphatic carboxylic acids is 1. The average Bonchev–Trinajstić information content (AvgIpc) is 2.87. The number of rotatable bonds is 5. The van der Waals surface area contributed by atoms with E-state index in [0.29, 0.717) is 12.8 Å². The second kappa shape index (κ2) is 6.02. The highest BCUT2D eigenvalue weighted by Crippen LogP contribution is 2.36. The predicted octanol–water partition coefficient (Wildman–Crippen LogP) is 3.00. The molecule has 0 heterocycles. The van der Waals surface area contributed by atoms with Crippen molar-refractivity contribution in [3.63, 3.8) is 0 Å². The first-order valence-electron chi connectivity index (χ1n) is 7.14. The van der Waals surface area contributed by atoms with Gasteiger partial charge >= 0.3 is 17.9 Å². The monoisotopic (exact) mass is 312 g/mol. The number of carbonyl (C=O) groups excluding carboxylic acids is 1. The first-order valence-corrected chi connectivity index (χ1v) is 7.14. The highest BCUT2D eigenvalue weighted by molar-refractivity contribution is 5.81. The molecule has 0 spiro atoms. The number of esters is 1. The molecule has 0 aromatic heterocycles. The van der Waals surface area contributed by atoms with Gasteiger partial charge in [-0.25, -0.2) is 4.79 Å². The second-order valence-corrected chi connectivity index (χ2v) is 5.82. The van der Waals surface area contributed by atoms with Gasteiger partial charge in [0, 0.05) is 0 Å². The zero-order valence-electron chi connectivity index (χ0n) is 12.4. The number of benzene rings is 1. The molecule has 1 N–H and O–H groups in total. The van der Waals surface area contributed by atoms with E-state index in [9.17, 15) is 18.4 Å². The Hall–Kier alpha value is -1.98. The van der Waals surface area contributed by atoms with E-state index in [-0.39, 0.29) is 0 Å². The molecule has 1 aliphatic rings. The summed E-state index contributed by atoms with van der Waals surface area (Å²) in [6, 6.07) is 7.28. The Morgan fingerprint density at radius 1 is 1.32 bits per heavy atom. The SMILES string of the molecule is CC(C)C(OC(=O)C1CCc2ccccc21)C(F)(F)C(=O)O. The van der Waals surface area contributed by atoms with Crippen LogP contribution in [0.25, 0.3) is 0 Å². The third kappa shape index (κ3) is 2.96. The van der Waals surface area contributed by atoms with Gasteiger partial charge in [0.05, 0.1) is 5.92 Å². The maximum Gasteiger partial charge on any atom is 0.378 e. The first kappa shape index (κ1) is 16.4. The Morgan fingerprint density at radius 3 is 2.55 bits per heavy atom. The number of carboxylic acids is 1. The van der Waals surface area contributed by atoms with Crippen molar-refractivity contribution in [2.45, 2.75) is 44.6 Å². The Kier molecular flexibility index (Phi) is 4.49. The van der Waals surface area contributed by atoms with Crippen molar-refractivity contribution in [2.75, 3.05) is 0 Å². The second-order valence-electron chi connectivity index (χ2n) is 5.82. The van der Waals surface area contributed by atoms with Crippen LogP contribution in [0.1, 0.15) is 37.3 Å². The maximum atomic E-state index is 13.7. The molecule has 0 radical (unpaired) electrons. The van der Waals surface area contributed by atoms with Crippen LogP contribution in [0.3, 0.4) is 0 Å². The van der Waals surface area contributed by atoms with Gasteiger partial charge in [-0.2, -0.15) is 8.78 Å². The molecule has 2 atom stereocenters. The molecule has 22 heavy (non-hydrogen) atoms. The minimum Gasteiger partial charge on any atom is -0.477 e. The summed E-state index contributed by atoms with van der Waals surface area (Å²) in [5, 5.41) is 8.66. The van der Waals surface area contributed by atoms with Gasteiger partial charge in [-0.1, -0.05) is 38.1 Å². The van der Waals surface area contributed by atoms with Crippen LogP contribution in [0, 0.1) is 5.92 Å². The van der Waals surface area contributed by atoms with E-state index in [2.05, 4.69) is 0 Å². The number of carbonyl (C=O) groups is 2. The van der Waals surface area contributed by atoms with Crippen molar-refractivity contribution < 1.29 is 28.2 Å². The average molecular weight is 312 g/mol. The van der Waals surface area contributed by atoms with Crippen LogP contribution in [0.5, 0.6) is 0 Å². The zero-order valence-corrected chi connectivity index (χ0v) is 12.4. The molecule has 1 aliphatic carbocycles. The van der Waals surface area contributed by atoms with Crippen LogP contribution < -0.4 is 0 Å². The minimum atomic E-state index is -4.11. The van der Waals surface area contributed by atoms with Crippen molar-refractivity contribution in [3.05, 3.63) is 35.4 Å². The molecule has 0 fully saturated rings. The quantitative estimate of drug-likeness (QED) is 0.849. The van der Waals surface area contributed by atoms with Crippen LogP contribution in [-0.4, -0.2) is 29.1 Å². The third-order valence-electron chi connectivity index (χ3n) is 3.91. The number of hydrogen-bond donors (Lipinski definition) is 1. The van der Waals surface area contributed by atoms with E-state index in [1.54, 1.807) is 12.1 Å². The summed E-state index contributed by atoms with van der Waals surface area (Å²) in [5.74, 6) is -8.61. The van der Waals surface area contributed by atoms with Crippen LogP contribution >= 0.6 is 0 Å². The molecule has 2 rings (SSSR count). The summed E-state index contributed by atoms with van der Waals surface area (Å²) >= 11 is 0. The summed E-state index contributed by atoms with van der Waals surface area (Å²) in [6.07, 6.45) is -0.815. The first-order chi connectivity index (χ1) is 10.2. The van der Waals surface area contributed by atoms with E-state index in [0.717, 1.165) is 11.1 Å². The molecule has 0 saturated heterocycles. The van der Waals surface area contributed by atoms with Gasteiger partial charge in [0.1, 0.15) is 0 Å². The van der Waals surface area contributed by atoms with Crippen LogP contribution in [0.15, 0.2) is 24.3 Å². The molecule has 1 aromatic carbocycles. The van der Waals surface area contributed by atoms with Crippen LogP contribution in [0.4, 0.5) is 8.78 Å². The Labute approximate surface area is 127 Å². The fraction of sp³-hybridized carbons (Fsp3) is 0.500. The number of halogens is 2. The highest BCUT2D eigenvalue weighted by atomic mass is 19.3. The number of alkyl halides is 2. The van der Waals surface area contributed by atoms with E-state index < -0.39 is 35.8 Å². The largest absolute Gasteiger partial charge is 0.477 e. The van der Waals surface area contributed by atoms with Crippen molar-refractivity contribution >= 4 is 11.9 Å². The van der Waals surface area contributed by atoms with Crippen LogP contribution in [-0.2, 0) is 20.7 Å². The van der Waals surface area contributed by atoms with E-state index in [1.165, 1.54) is 13.8 Å². The maximum absolute atomic E-state index is 13.7. The molecule has 0 bridgehead atoms. The van der Waals surface area contributed by atoms with Gasteiger partial charge in [-0.15, -0.1) is 0 Å². The number of hydrogen-bond acceptors (Lipinski definition) is 3. The van der Waals surface area contributed by atoms with Gasteiger partial charge < -0.3 is 9.84 Å². The summed E-state index contributed by atoms with van der Waals surface area (Å²) in [4.78, 5) is 23.0. The number of aryl methyl sites for hydroxylation is 1. The predicted molar refractivity (Wildman–Crippen MR) is 74.8 cm³/mol. The van der Waals surface area contributed by atoms with Crippen molar-refractivity contribution in [2.24, 2.45) is 5.92 Å². The number of carboxylic acid groups (broad SMARTS) is 1. The van der Waals surface area contributed by atoms with Crippen LogP contribution in [0.2, 0.25) is 0 Å². The molecular weight excluding hydrogens is 294 g/mol. The Bertz CT molecular complexity index is 583. The smallest absolute Gasteiger partial charge is 0.378 e. The number of fused-ring (bicyclic) bond motifs is 1. The molecule has 0 aliphatic heterocycles. The minimum absolute atomic E-state index is 0.488. The molecular formula is C16H18F2O4. The van der Waals surface area contributed by atoms with Crippen molar-refractivity contribution in [3.8, 4) is 0 Å². The normalized spacial score (nSPS) is 18.9. The third-order valence-corrected chi connectivity index (χ3v) is 3.91. The molecule has 0 amide bonds. The van der Waals surface area contributed by atoms with E-state index in [1.807, 2.05) is 12.1 Å². The van der Waals surface area contributed by atoms with Gasteiger partial charge in [0.15, 0.2) is 6.10 Å². The summed E-state index contributed by atoms with van der Waals surface area (Å²) in [5.41, 5.74) is 1.77. The fourth-order valence-corrected chi connectivity index (χ4v) is 2.76. The molecule has 2 unspecified atom stereocenters. The van der Waals surface area contributed by atoms with Gasteiger partial charge in [0.25, 0.3) is 0 Å². The fourth-order valence-electron chi connectivity index (χ4n) is 2.76. The Morgan fingerprint density at radius 2 is 1.95 bits per heavy atom. The van der Waals surface area contributed by atoms with Gasteiger partial charge in [0.2, 0.25) is 0 Å². The van der Waals surface area contributed by atoms with Gasteiger partial charge in [-0.05, 0) is 29.9 Å². The molecule has 1 aromatic rings. The molecule has 4 nitrogen and oxygen atoms in total. The Balaban J connectivity index is 2.19. The van der Waals surface area contributed by atoms with E-state index in [4.69, 9.17) is 9.84 Å². The zero-order chi connectivity index (χ0) is 16.5. The molecule has 120 valence electrons. The summed E-state index contributed by atoms with van der Waals surface area (Å²) < 4.78 is 32.4. The van der Waals surface area contributed by atoms with Crippen molar-refractivity contribution in [1.29, 1.82) is 0 Å². The van der Waals surface area contributed by atoms with Gasteiger partial charge in [-0.3, -0.25) is 4.79 Å². The lowest BCUT2D eigenvalue weighted by Crippen LogP contribution is -2.47. The van der Waals surface area contributed by atoms with E-state index >= 15 is 0 Å².